The topological polar surface area (TPSA) is 30.2 Å². The number of hydrogen-bond donors (Lipinski definition) is 0. The van der Waals surface area contributed by atoms with Crippen LogP contribution in [0, 0.1) is 0 Å². The second-order valence-corrected chi connectivity index (χ2v) is 9.31. The van der Waals surface area contributed by atoms with E-state index in [4.69, 9.17) is 4.98 Å². The summed E-state index contributed by atoms with van der Waals surface area (Å²) in [4.78, 5) is 9.33. The Balaban J connectivity index is 1.66. The summed E-state index contributed by atoms with van der Waals surface area (Å²) in [6, 6.07) is 21.6. The van der Waals surface area contributed by atoms with Crippen LogP contribution in [0.2, 0.25) is 0 Å². The molecule has 7 rings (SSSR count). The SMILES string of the molecule is c1ccc2c(-c3cc4c5cncc6c7ccccc7n(c4[se]3)c65)nccc2c1. The number of pyridine rings is 2. The first-order chi connectivity index (χ1) is 13.9. The number of fused-ring (bicyclic) bond motifs is 7. The first-order valence-electron chi connectivity index (χ1n) is 9.26. The molecule has 5 heterocycles. The van der Waals surface area contributed by atoms with Crippen LogP contribution in [0.4, 0.5) is 0 Å². The Morgan fingerprint density at radius 1 is 0.750 bits per heavy atom. The third-order valence-corrected chi connectivity index (χ3v) is 8.05. The van der Waals surface area contributed by atoms with Crippen molar-refractivity contribution >= 4 is 62.2 Å². The third kappa shape index (κ3) is 1.74. The molecule has 130 valence electrons. The van der Waals surface area contributed by atoms with Gasteiger partial charge < -0.3 is 0 Å². The van der Waals surface area contributed by atoms with Gasteiger partial charge in [-0.25, -0.2) is 0 Å². The van der Waals surface area contributed by atoms with Gasteiger partial charge in [0.15, 0.2) is 0 Å². The van der Waals surface area contributed by atoms with Crippen molar-refractivity contribution in [2.45, 2.75) is 0 Å². The average Bonchev–Trinajstić information content (AvgIpc) is 3.40. The second-order valence-electron chi connectivity index (χ2n) is 7.15. The van der Waals surface area contributed by atoms with Crippen LogP contribution in [0.3, 0.4) is 0 Å². The molecular formula is C24H13N3Se. The number of benzene rings is 2. The molecule has 0 spiro atoms. The Labute approximate surface area is 166 Å². The summed E-state index contributed by atoms with van der Waals surface area (Å²) in [6.45, 7) is 0. The van der Waals surface area contributed by atoms with Gasteiger partial charge in [0.2, 0.25) is 0 Å². The molecule has 7 aromatic rings. The number of aromatic nitrogens is 3. The van der Waals surface area contributed by atoms with Crippen LogP contribution in [0.15, 0.2) is 79.3 Å². The molecule has 0 bridgehead atoms. The van der Waals surface area contributed by atoms with Crippen molar-refractivity contribution in [2.75, 3.05) is 0 Å². The molecule has 3 nitrogen and oxygen atoms in total. The zero-order valence-electron chi connectivity index (χ0n) is 14.8. The van der Waals surface area contributed by atoms with E-state index in [0.717, 1.165) is 5.69 Å². The Morgan fingerprint density at radius 2 is 1.54 bits per heavy atom. The first kappa shape index (κ1) is 14.8. The van der Waals surface area contributed by atoms with Crippen molar-refractivity contribution in [1.82, 2.24) is 14.4 Å². The van der Waals surface area contributed by atoms with Crippen LogP contribution in [0.1, 0.15) is 0 Å². The molecule has 28 heavy (non-hydrogen) atoms. The number of rotatable bonds is 1. The number of para-hydroxylation sites is 1. The van der Waals surface area contributed by atoms with Gasteiger partial charge in [-0.2, -0.15) is 0 Å². The van der Waals surface area contributed by atoms with Crippen molar-refractivity contribution in [3.05, 3.63) is 79.3 Å². The van der Waals surface area contributed by atoms with E-state index in [9.17, 15) is 0 Å². The molecule has 5 aromatic heterocycles. The maximum absolute atomic E-state index is 4.77. The van der Waals surface area contributed by atoms with Crippen LogP contribution in [0.25, 0.3) is 57.9 Å². The molecule has 2 aromatic carbocycles. The van der Waals surface area contributed by atoms with E-state index >= 15 is 0 Å². The Morgan fingerprint density at radius 3 is 2.46 bits per heavy atom. The Hall–Kier alpha value is -3.20. The normalized spacial score (nSPS) is 12.3. The molecule has 0 aliphatic heterocycles. The van der Waals surface area contributed by atoms with Gasteiger partial charge in [0.05, 0.1) is 0 Å². The summed E-state index contributed by atoms with van der Waals surface area (Å²) in [5.41, 5.74) is 3.70. The summed E-state index contributed by atoms with van der Waals surface area (Å²) >= 11 is 0.195. The van der Waals surface area contributed by atoms with Crippen molar-refractivity contribution in [2.24, 2.45) is 0 Å². The Kier molecular flexibility index (Phi) is 2.75. The summed E-state index contributed by atoms with van der Waals surface area (Å²) in [5.74, 6) is 0. The van der Waals surface area contributed by atoms with Crippen molar-refractivity contribution in [1.29, 1.82) is 0 Å². The van der Waals surface area contributed by atoms with Gasteiger partial charge >= 0.3 is 166 Å². The zero-order chi connectivity index (χ0) is 18.2. The summed E-state index contributed by atoms with van der Waals surface area (Å²) in [7, 11) is 0. The van der Waals surface area contributed by atoms with E-state index in [2.05, 4.69) is 70.0 Å². The van der Waals surface area contributed by atoms with Gasteiger partial charge in [-0.1, -0.05) is 0 Å². The molecule has 4 heteroatoms. The van der Waals surface area contributed by atoms with Crippen molar-refractivity contribution < 1.29 is 0 Å². The number of hydrogen-bond acceptors (Lipinski definition) is 2. The molecule has 0 unspecified atom stereocenters. The van der Waals surface area contributed by atoms with Crippen LogP contribution in [-0.2, 0) is 0 Å². The van der Waals surface area contributed by atoms with Gasteiger partial charge in [0.25, 0.3) is 0 Å². The van der Waals surface area contributed by atoms with Gasteiger partial charge in [0, 0.05) is 0 Å². The van der Waals surface area contributed by atoms with Crippen LogP contribution < -0.4 is 0 Å². The fraction of sp³-hybridized carbons (Fsp3) is 0. The molecule has 0 N–H and O–H groups in total. The quantitative estimate of drug-likeness (QED) is 0.327. The standard InChI is InChI=1S/C24H13N3Se/c1-2-6-15-14(5-1)9-10-26-22(15)21-11-17-19-13-25-12-18-16-7-3-4-8-20(16)27(23(18)19)24(17)28-21/h1-13H. The fourth-order valence-electron chi connectivity index (χ4n) is 4.49. The van der Waals surface area contributed by atoms with E-state index < -0.39 is 0 Å². The molecule has 0 saturated carbocycles. The zero-order valence-corrected chi connectivity index (χ0v) is 16.5. The molecule has 0 atom stereocenters. The van der Waals surface area contributed by atoms with Gasteiger partial charge in [-0.05, 0) is 0 Å². The average molecular weight is 422 g/mol. The van der Waals surface area contributed by atoms with E-state index in [0.29, 0.717) is 0 Å². The molecular weight excluding hydrogens is 409 g/mol. The van der Waals surface area contributed by atoms with Crippen LogP contribution >= 0.6 is 0 Å². The summed E-state index contributed by atoms with van der Waals surface area (Å²) in [6.07, 6.45) is 5.95. The van der Waals surface area contributed by atoms with Crippen LogP contribution in [-0.4, -0.2) is 28.9 Å². The van der Waals surface area contributed by atoms with E-state index in [1.807, 2.05) is 18.6 Å². The van der Waals surface area contributed by atoms with E-state index in [1.165, 1.54) is 52.2 Å². The van der Waals surface area contributed by atoms with Gasteiger partial charge in [-0.3, -0.25) is 0 Å². The minimum atomic E-state index is 0.195. The molecule has 0 aliphatic carbocycles. The predicted molar refractivity (Wildman–Crippen MR) is 117 cm³/mol. The van der Waals surface area contributed by atoms with Gasteiger partial charge in [0.1, 0.15) is 0 Å². The minimum absolute atomic E-state index is 0.195. The molecule has 0 fully saturated rings. The van der Waals surface area contributed by atoms with Crippen molar-refractivity contribution in [3.8, 4) is 10.1 Å². The molecule has 0 radical (unpaired) electrons. The van der Waals surface area contributed by atoms with E-state index in [-0.39, 0.29) is 14.5 Å². The van der Waals surface area contributed by atoms with Gasteiger partial charge in [-0.15, -0.1) is 0 Å². The molecule has 0 saturated heterocycles. The summed E-state index contributed by atoms with van der Waals surface area (Å²) in [5, 5.41) is 7.58. The third-order valence-electron chi connectivity index (χ3n) is 5.69. The predicted octanol–water partition coefficient (Wildman–Crippen LogP) is 5.50. The molecule has 0 amide bonds. The van der Waals surface area contributed by atoms with Crippen molar-refractivity contribution in [3.63, 3.8) is 0 Å². The fourth-order valence-corrected chi connectivity index (χ4v) is 7.02. The monoisotopic (exact) mass is 423 g/mol. The van der Waals surface area contributed by atoms with E-state index in [1.54, 1.807) is 0 Å². The second kappa shape index (κ2) is 5.20. The number of nitrogens with zero attached hydrogens (tertiary/aromatic N) is 3. The first-order valence-corrected chi connectivity index (χ1v) is 11.0. The maximum atomic E-state index is 4.77. The van der Waals surface area contributed by atoms with Crippen LogP contribution in [0.5, 0.6) is 0 Å². The Bertz CT molecular complexity index is 1670. The summed E-state index contributed by atoms with van der Waals surface area (Å²) < 4.78 is 5.22. The molecule has 0 aliphatic rings.